The first-order valence-corrected chi connectivity index (χ1v) is 10.4. The number of amides is 1. The molecule has 28 heavy (non-hydrogen) atoms. The minimum atomic E-state index is -0.332. The van der Waals surface area contributed by atoms with Gasteiger partial charge in [-0.1, -0.05) is 0 Å². The van der Waals surface area contributed by atoms with E-state index in [-0.39, 0.29) is 28.1 Å². The van der Waals surface area contributed by atoms with Crippen LogP contribution in [0.2, 0.25) is 0 Å². The Labute approximate surface area is 163 Å². The number of carbonyl (C=O) groups is 1. The fourth-order valence-corrected chi connectivity index (χ4v) is 6.94. The summed E-state index contributed by atoms with van der Waals surface area (Å²) in [5.41, 5.74) is -0.728. The van der Waals surface area contributed by atoms with Gasteiger partial charge in [0.1, 0.15) is 5.56 Å². The summed E-state index contributed by atoms with van der Waals surface area (Å²) in [5.74, 6) is 0.735. The molecule has 3 aromatic rings. The molecule has 4 saturated carbocycles. The van der Waals surface area contributed by atoms with Gasteiger partial charge in [0.25, 0.3) is 11.5 Å². The molecule has 144 valence electrons. The van der Waals surface area contributed by atoms with Crippen molar-refractivity contribution in [3.8, 4) is 0 Å². The van der Waals surface area contributed by atoms with Gasteiger partial charge in [-0.05, 0) is 55.6 Å². The summed E-state index contributed by atoms with van der Waals surface area (Å²) >= 11 is 1.37. The maximum atomic E-state index is 13.1. The monoisotopic (exact) mass is 397 g/mol. The van der Waals surface area contributed by atoms with Gasteiger partial charge in [-0.3, -0.25) is 14.0 Å². The van der Waals surface area contributed by atoms with Crippen LogP contribution in [0.15, 0.2) is 28.9 Å². The predicted molar refractivity (Wildman–Crippen MR) is 100 cm³/mol. The van der Waals surface area contributed by atoms with E-state index < -0.39 is 0 Å². The van der Waals surface area contributed by atoms with E-state index in [0.717, 1.165) is 32.1 Å². The van der Waals surface area contributed by atoms with Gasteiger partial charge in [0.2, 0.25) is 0 Å². The number of thiazole rings is 1. The minimum Gasteiger partial charge on any atom is -0.346 e. The number of tetrazole rings is 1. The van der Waals surface area contributed by atoms with Crippen molar-refractivity contribution in [2.75, 3.05) is 0 Å². The van der Waals surface area contributed by atoms with Gasteiger partial charge in [-0.15, -0.1) is 21.5 Å². The molecular weight excluding hydrogens is 378 g/mol. The third-order valence-corrected chi connectivity index (χ3v) is 7.54. The van der Waals surface area contributed by atoms with E-state index in [2.05, 4.69) is 25.7 Å². The van der Waals surface area contributed by atoms with Crippen LogP contribution < -0.4 is 10.9 Å². The lowest BCUT2D eigenvalue weighted by Crippen LogP contribution is -2.66. The molecule has 1 N–H and O–H groups in total. The van der Waals surface area contributed by atoms with Crippen molar-refractivity contribution >= 4 is 22.2 Å². The zero-order valence-electron chi connectivity index (χ0n) is 15.1. The van der Waals surface area contributed by atoms with Crippen molar-refractivity contribution < 1.29 is 4.79 Å². The molecule has 9 nitrogen and oxygen atoms in total. The highest BCUT2D eigenvalue weighted by Crippen LogP contribution is 2.60. The largest absolute Gasteiger partial charge is 0.346 e. The zero-order chi connectivity index (χ0) is 18.9. The number of rotatable bonds is 3. The minimum absolute atomic E-state index is 0.0968. The summed E-state index contributed by atoms with van der Waals surface area (Å²) < 4.78 is 1.43. The van der Waals surface area contributed by atoms with Crippen LogP contribution >= 0.6 is 11.3 Å². The highest BCUT2D eigenvalue weighted by Gasteiger charge is 2.60. The van der Waals surface area contributed by atoms with Crippen molar-refractivity contribution in [1.29, 1.82) is 0 Å². The van der Waals surface area contributed by atoms with E-state index in [1.165, 1.54) is 34.7 Å². The summed E-state index contributed by atoms with van der Waals surface area (Å²) in [6.07, 6.45) is 10.5. The Hall–Kier alpha value is -2.62. The molecule has 0 spiro atoms. The van der Waals surface area contributed by atoms with Crippen molar-refractivity contribution in [3.05, 3.63) is 40.0 Å². The molecular formula is C18H19N7O2S. The molecule has 7 rings (SSSR count). The number of hydrogen-bond donors (Lipinski definition) is 1. The molecule has 3 heterocycles. The Balaban J connectivity index is 1.35. The van der Waals surface area contributed by atoms with Gasteiger partial charge < -0.3 is 5.32 Å². The first-order valence-electron chi connectivity index (χ1n) is 9.57. The van der Waals surface area contributed by atoms with Gasteiger partial charge in [-0.2, -0.15) is 4.80 Å². The molecule has 0 aromatic carbocycles. The Morgan fingerprint density at radius 2 is 2.07 bits per heavy atom. The lowest BCUT2D eigenvalue weighted by atomic mass is 9.50. The van der Waals surface area contributed by atoms with Gasteiger partial charge in [0, 0.05) is 23.3 Å². The second-order valence-corrected chi connectivity index (χ2v) is 9.55. The second-order valence-electron chi connectivity index (χ2n) is 8.68. The number of nitrogens with zero attached hydrogens (tertiary/aromatic N) is 6. The number of aromatic nitrogens is 6. The van der Waals surface area contributed by atoms with E-state index in [1.54, 1.807) is 16.4 Å². The fourth-order valence-electron chi connectivity index (χ4n) is 6.27. The summed E-state index contributed by atoms with van der Waals surface area (Å²) in [5, 5.41) is 17.5. The van der Waals surface area contributed by atoms with Crippen molar-refractivity contribution in [1.82, 2.24) is 34.9 Å². The van der Waals surface area contributed by atoms with Gasteiger partial charge in [0.05, 0.1) is 5.54 Å². The third kappa shape index (κ3) is 2.24. The van der Waals surface area contributed by atoms with Crippen molar-refractivity contribution in [3.63, 3.8) is 0 Å². The van der Waals surface area contributed by atoms with E-state index in [4.69, 9.17) is 0 Å². The van der Waals surface area contributed by atoms with Crippen LogP contribution in [0.3, 0.4) is 0 Å². The number of fused-ring (bicyclic) bond motifs is 1. The van der Waals surface area contributed by atoms with Crippen LogP contribution in [-0.2, 0) is 5.54 Å². The molecule has 2 unspecified atom stereocenters. The topological polar surface area (TPSA) is 107 Å². The van der Waals surface area contributed by atoms with Crippen LogP contribution in [0.1, 0.15) is 48.9 Å². The molecule has 0 aliphatic heterocycles. The van der Waals surface area contributed by atoms with Crippen LogP contribution in [0.4, 0.5) is 0 Å². The molecule has 1 amide bonds. The normalized spacial score (nSPS) is 33.4. The Kier molecular flexibility index (Phi) is 3.19. The standard InChI is InChI=1S/C18H19N7O2S/c26-14(13-8-19-16-24(15(13)27)1-2-28-16)22-17-4-11-3-12(5-17)7-18(6-11,9-17)25-21-10-20-23-25/h1-2,8,10-12H,3-7,9H2,(H,22,26)/t11-,12+,17?,18?. The van der Waals surface area contributed by atoms with E-state index in [1.807, 2.05) is 0 Å². The molecule has 4 aliphatic rings. The van der Waals surface area contributed by atoms with Crippen molar-refractivity contribution in [2.45, 2.75) is 49.6 Å². The molecule has 4 bridgehead atoms. The predicted octanol–water partition coefficient (Wildman–Crippen LogP) is 1.22. The smallest absolute Gasteiger partial charge is 0.271 e. The van der Waals surface area contributed by atoms with E-state index in [0.29, 0.717) is 16.8 Å². The summed E-state index contributed by atoms with van der Waals surface area (Å²) in [6.45, 7) is 0. The Morgan fingerprint density at radius 3 is 2.82 bits per heavy atom. The summed E-state index contributed by atoms with van der Waals surface area (Å²) in [7, 11) is 0. The SMILES string of the molecule is O=C(NC12C[C@H]3C[C@@H](C1)CC(n1ncnn1)(C3)C2)c1cnc2sccn2c1=O. The molecule has 0 saturated heterocycles. The van der Waals surface area contributed by atoms with Crippen LogP contribution in [0.5, 0.6) is 0 Å². The van der Waals surface area contributed by atoms with E-state index >= 15 is 0 Å². The lowest BCUT2D eigenvalue weighted by Gasteiger charge is -2.61. The summed E-state index contributed by atoms with van der Waals surface area (Å²) in [6, 6.07) is 0. The highest BCUT2D eigenvalue weighted by molar-refractivity contribution is 7.15. The molecule has 3 aromatic heterocycles. The average molecular weight is 397 g/mol. The van der Waals surface area contributed by atoms with Crippen molar-refractivity contribution in [2.24, 2.45) is 11.8 Å². The van der Waals surface area contributed by atoms with Gasteiger partial charge in [0.15, 0.2) is 11.3 Å². The Bertz CT molecular complexity index is 1120. The maximum Gasteiger partial charge on any atom is 0.271 e. The fraction of sp³-hybridized carbons (Fsp3) is 0.556. The van der Waals surface area contributed by atoms with Crippen LogP contribution in [0.25, 0.3) is 4.96 Å². The maximum absolute atomic E-state index is 13.1. The second kappa shape index (κ2) is 5.47. The van der Waals surface area contributed by atoms with Crippen LogP contribution in [-0.4, -0.2) is 41.0 Å². The summed E-state index contributed by atoms with van der Waals surface area (Å²) in [4.78, 5) is 32.4. The molecule has 4 fully saturated rings. The zero-order valence-corrected chi connectivity index (χ0v) is 15.9. The van der Waals surface area contributed by atoms with Crippen LogP contribution in [0, 0.1) is 11.8 Å². The molecule has 0 radical (unpaired) electrons. The number of hydrogen-bond acceptors (Lipinski definition) is 7. The third-order valence-electron chi connectivity index (χ3n) is 6.77. The quantitative estimate of drug-likeness (QED) is 0.712. The highest BCUT2D eigenvalue weighted by atomic mass is 32.1. The lowest BCUT2D eigenvalue weighted by molar-refractivity contribution is -0.0810. The van der Waals surface area contributed by atoms with Gasteiger partial charge in [-0.25, -0.2) is 4.98 Å². The first-order chi connectivity index (χ1) is 13.6. The molecule has 4 aliphatic carbocycles. The molecule has 10 heteroatoms. The Morgan fingerprint density at radius 1 is 1.25 bits per heavy atom. The van der Waals surface area contributed by atoms with E-state index in [9.17, 15) is 9.59 Å². The first kappa shape index (κ1) is 16.3. The number of nitrogens with one attached hydrogen (secondary N) is 1. The average Bonchev–Trinajstić information content (AvgIpc) is 3.33. The van der Waals surface area contributed by atoms with Gasteiger partial charge >= 0.3 is 0 Å². The number of carbonyl (C=O) groups excluding carboxylic acids is 1. The molecule has 4 atom stereocenters.